The summed E-state index contributed by atoms with van der Waals surface area (Å²) in [5.74, 6) is -1.96. The molecule has 0 aromatic carbocycles. The number of nitrogens with one attached hydrogen (secondary N) is 1. The molecule has 0 rings (SSSR count). The van der Waals surface area contributed by atoms with Crippen molar-refractivity contribution >= 4 is 22.7 Å². The van der Waals surface area contributed by atoms with Crippen LogP contribution in [0.5, 0.6) is 0 Å². The van der Waals surface area contributed by atoms with Crippen molar-refractivity contribution in [1.29, 1.82) is 0 Å². The smallest absolute Gasteiger partial charge is 0.319 e. The van der Waals surface area contributed by atoms with Crippen LogP contribution in [0.4, 0.5) is 0 Å². The summed E-state index contributed by atoms with van der Waals surface area (Å²) in [6, 6.07) is 0.0665. The summed E-state index contributed by atoms with van der Waals surface area (Å²) in [5, 5.41) is 10.7. The highest BCUT2D eigenvalue weighted by atomic mass is 32.2. The second-order valence-electron chi connectivity index (χ2n) is 4.61. The van der Waals surface area contributed by atoms with E-state index in [1.807, 2.05) is 13.8 Å². The second kappa shape index (κ2) is 8.24. The standard InChI is InChI=1S/C12H23NO4S/c1-5-9(6-2)13-10(14)7-18(17)11(8(3)4)12(15)16/h8-9,11H,5-7H2,1-4H3,(H,13,14)(H,15,16). The lowest BCUT2D eigenvalue weighted by atomic mass is 10.1. The molecule has 0 saturated carbocycles. The van der Waals surface area contributed by atoms with E-state index in [4.69, 9.17) is 5.11 Å². The lowest BCUT2D eigenvalue weighted by Crippen LogP contribution is -2.40. The average Bonchev–Trinajstić information content (AvgIpc) is 2.24. The SMILES string of the molecule is CCC(CC)NC(=O)CS(=O)C(C(=O)O)C(C)C. The average molecular weight is 277 g/mol. The Kier molecular flexibility index (Phi) is 7.82. The van der Waals surface area contributed by atoms with Crippen LogP contribution >= 0.6 is 0 Å². The molecule has 0 aromatic heterocycles. The van der Waals surface area contributed by atoms with Crippen LogP contribution in [0.3, 0.4) is 0 Å². The molecule has 5 nitrogen and oxygen atoms in total. The number of amides is 1. The van der Waals surface area contributed by atoms with Crippen LogP contribution in [0, 0.1) is 5.92 Å². The molecule has 0 spiro atoms. The Balaban J connectivity index is 4.46. The lowest BCUT2D eigenvalue weighted by molar-refractivity contribution is -0.137. The van der Waals surface area contributed by atoms with E-state index in [1.54, 1.807) is 13.8 Å². The normalized spacial score (nSPS) is 14.6. The van der Waals surface area contributed by atoms with Crippen LogP contribution in [-0.2, 0) is 20.4 Å². The molecule has 2 unspecified atom stereocenters. The fraction of sp³-hybridized carbons (Fsp3) is 0.833. The number of rotatable bonds is 8. The molecule has 0 aromatic rings. The first kappa shape index (κ1) is 17.1. The van der Waals surface area contributed by atoms with Crippen molar-refractivity contribution in [3.8, 4) is 0 Å². The van der Waals surface area contributed by atoms with Gasteiger partial charge in [0.1, 0.15) is 11.0 Å². The predicted octanol–water partition coefficient (Wildman–Crippen LogP) is 1.15. The van der Waals surface area contributed by atoms with E-state index in [1.165, 1.54) is 0 Å². The summed E-state index contributed by atoms with van der Waals surface area (Å²) in [4.78, 5) is 22.6. The minimum Gasteiger partial charge on any atom is -0.480 e. The van der Waals surface area contributed by atoms with Crippen molar-refractivity contribution in [1.82, 2.24) is 5.32 Å². The van der Waals surface area contributed by atoms with E-state index in [0.717, 1.165) is 12.8 Å². The quantitative estimate of drug-likeness (QED) is 0.697. The maximum Gasteiger partial charge on any atom is 0.319 e. The number of hydrogen-bond acceptors (Lipinski definition) is 3. The Labute approximate surface area is 111 Å². The zero-order valence-corrected chi connectivity index (χ0v) is 12.3. The van der Waals surface area contributed by atoms with Crippen molar-refractivity contribution in [3.63, 3.8) is 0 Å². The maximum atomic E-state index is 11.9. The minimum atomic E-state index is -1.68. The van der Waals surface area contributed by atoms with Crippen LogP contribution in [0.1, 0.15) is 40.5 Å². The van der Waals surface area contributed by atoms with Gasteiger partial charge >= 0.3 is 5.97 Å². The summed E-state index contributed by atoms with van der Waals surface area (Å²) >= 11 is 0. The summed E-state index contributed by atoms with van der Waals surface area (Å²) in [6.07, 6.45) is 1.61. The predicted molar refractivity (Wildman–Crippen MR) is 71.8 cm³/mol. The number of carboxylic acids is 1. The number of aliphatic carboxylic acids is 1. The lowest BCUT2D eigenvalue weighted by Gasteiger charge is -2.18. The van der Waals surface area contributed by atoms with Gasteiger partial charge in [-0.25, -0.2) is 0 Å². The van der Waals surface area contributed by atoms with Crippen LogP contribution in [0.25, 0.3) is 0 Å². The number of carbonyl (C=O) groups is 2. The Morgan fingerprint density at radius 1 is 1.22 bits per heavy atom. The van der Waals surface area contributed by atoms with Crippen LogP contribution in [0.15, 0.2) is 0 Å². The van der Waals surface area contributed by atoms with Crippen LogP contribution in [-0.4, -0.2) is 38.2 Å². The van der Waals surface area contributed by atoms with E-state index in [9.17, 15) is 13.8 Å². The van der Waals surface area contributed by atoms with E-state index < -0.39 is 22.0 Å². The summed E-state index contributed by atoms with van der Waals surface area (Å²) in [6.45, 7) is 7.30. The molecule has 18 heavy (non-hydrogen) atoms. The Bertz CT molecular complexity index is 313. The zero-order valence-electron chi connectivity index (χ0n) is 11.4. The summed E-state index contributed by atoms with van der Waals surface area (Å²) < 4.78 is 11.9. The molecular weight excluding hydrogens is 254 g/mol. The third-order valence-corrected chi connectivity index (χ3v) is 4.62. The highest BCUT2D eigenvalue weighted by Gasteiger charge is 2.29. The van der Waals surface area contributed by atoms with Crippen molar-refractivity contribution in [2.24, 2.45) is 5.92 Å². The number of hydrogen-bond donors (Lipinski definition) is 2. The molecule has 0 aliphatic heterocycles. The molecule has 0 saturated heterocycles. The van der Waals surface area contributed by atoms with Gasteiger partial charge in [0.05, 0.1) is 0 Å². The molecule has 0 heterocycles. The van der Waals surface area contributed by atoms with Gasteiger partial charge in [-0.05, 0) is 18.8 Å². The first-order chi connectivity index (χ1) is 8.33. The van der Waals surface area contributed by atoms with Crippen molar-refractivity contribution in [3.05, 3.63) is 0 Å². The van der Waals surface area contributed by atoms with Crippen LogP contribution < -0.4 is 5.32 Å². The van der Waals surface area contributed by atoms with E-state index >= 15 is 0 Å². The molecule has 6 heteroatoms. The van der Waals surface area contributed by atoms with Gasteiger partial charge in [0.15, 0.2) is 0 Å². The highest BCUT2D eigenvalue weighted by molar-refractivity contribution is 7.87. The number of carbonyl (C=O) groups excluding carboxylic acids is 1. The molecular formula is C12H23NO4S. The summed E-state index contributed by atoms with van der Waals surface area (Å²) in [7, 11) is -1.68. The van der Waals surface area contributed by atoms with E-state index in [-0.39, 0.29) is 23.6 Å². The molecule has 0 aliphatic carbocycles. The monoisotopic (exact) mass is 277 g/mol. The molecule has 0 bridgehead atoms. The molecule has 1 amide bonds. The number of carboxylic acid groups (broad SMARTS) is 1. The van der Waals surface area contributed by atoms with Gasteiger partial charge in [0, 0.05) is 16.8 Å². The van der Waals surface area contributed by atoms with Gasteiger partial charge in [0.25, 0.3) is 0 Å². The Morgan fingerprint density at radius 2 is 1.72 bits per heavy atom. The summed E-state index contributed by atoms with van der Waals surface area (Å²) in [5.41, 5.74) is 0. The maximum absolute atomic E-state index is 11.9. The molecule has 0 aliphatic rings. The topological polar surface area (TPSA) is 83.5 Å². The molecule has 0 radical (unpaired) electrons. The Morgan fingerprint density at radius 3 is 2.06 bits per heavy atom. The van der Waals surface area contributed by atoms with Gasteiger partial charge < -0.3 is 10.4 Å². The second-order valence-corrected chi connectivity index (χ2v) is 6.17. The molecule has 2 N–H and O–H groups in total. The van der Waals surface area contributed by atoms with E-state index in [2.05, 4.69) is 5.32 Å². The fourth-order valence-electron chi connectivity index (χ4n) is 1.68. The Hall–Kier alpha value is -0.910. The first-order valence-electron chi connectivity index (χ1n) is 6.22. The van der Waals surface area contributed by atoms with Gasteiger partial charge in [-0.2, -0.15) is 0 Å². The molecule has 2 atom stereocenters. The minimum absolute atomic E-state index is 0.0665. The van der Waals surface area contributed by atoms with Gasteiger partial charge in [-0.3, -0.25) is 13.8 Å². The van der Waals surface area contributed by atoms with Gasteiger partial charge in [-0.1, -0.05) is 27.7 Å². The third-order valence-electron chi connectivity index (χ3n) is 2.76. The molecule has 106 valence electrons. The van der Waals surface area contributed by atoms with Crippen molar-refractivity contribution < 1.29 is 18.9 Å². The van der Waals surface area contributed by atoms with Crippen LogP contribution in [0.2, 0.25) is 0 Å². The third kappa shape index (κ3) is 5.62. The van der Waals surface area contributed by atoms with E-state index in [0.29, 0.717) is 0 Å². The fourth-order valence-corrected chi connectivity index (χ4v) is 3.04. The highest BCUT2D eigenvalue weighted by Crippen LogP contribution is 2.10. The largest absolute Gasteiger partial charge is 0.480 e. The first-order valence-corrected chi connectivity index (χ1v) is 7.60. The van der Waals surface area contributed by atoms with Gasteiger partial charge in [0.2, 0.25) is 5.91 Å². The van der Waals surface area contributed by atoms with Crippen molar-refractivity contribution in [2.45, 2.75) is 51.8 Å². The van der Waals surface area contributed by atoms with Crippen molar-refractivity contribution in [2.75, 3.05) is 5.75 Å². The zero-order chi connectivity index (χ0) is 14.3. The molecule has 0 fully saturated rings. The van der Waals surface area contributed by atoms with Gasteiger partial charge in [-0.15, -0.1) is 0 Å².